The summed E-state index contributed by atoms with van der Waals surface area (Å²) in [5.41, 5.74) is 1.32. The van der Waals surface area contributed by atoms with Crippen LogP contribution in [0.4, 0.5) is 0 Å². The fourth-order valence-electron chi connectivity index (χ4n) is 2.69. The van der Waals surface area contributed by atoms with Crippen molar-refractivity contribution in [1.82, 2.24) is 9.55 Å². The summed E-state index contributed by atoms with van der Waals surface area (Å²) in [6.07, 6.45) is 7.46. The van der Waals surface area contributed by atoms with Crippen molar-refractivity contribution in [3.8, 4) is 5.75 Å². The molecule has 3 rings (SSSR count). The Morgan fingerprint density at radius 2 is 2.17 bits per heavy atom. The summed E-state index contributed by atoms with van der Waals surface area (Å²) in [5.74, 6) is 0.297. The molecule has 2 heterocycles. The number of rotatable bonds is 5. The summed E-state index contributed by atoms with van der Waals surface area (Å²) >= 11 is 0. The van der Waals surface area contributed by atoms with Crippen molar-refractivity contribution in [3.05, 3.63) is 54.1 Å². The minimum atomic E-state index is -1.01. The second kappa shape index (κ2) is 7.31. The first-order valence-corrected chi connectivity index (χ1v) is 7.94. The van der Waals surface area contributed by atoms with Gasteiger partial charge in [0, 0.05) is 37.5 Å². The quantitative estimate of drug-likeness (QED) is 0.854. The summed E-state index contributed by atoms with van der Waals surface area (Å²) in [6.45, 7) is 0.730. The van der Waals surface area contributed by atoms with Gasteiger partial charge in [-0.05, 0) is 30.5 Å². The van der Waals surface area contributed by atoms with Crippen LogP contribution in [0.5, 0.6) is 5.75 Å². The number of carboxylic acid groups (broad SMARTS) is 1. The highest BCUT2D eigenvalue weighted by atomic mass is 16.7. The van der Waals surface area contributed by atoms with Crippen LogP contribution in [-0.4, -0.2) is 33.5 Å². The molecule has 0 spiro atoms. The maximum atomic E-state index is 11.2. The molecule has 1 unspecified atom stereocenters. The van der Waals surface area contributed by atoms with Crippen LogP contribution in [-0.2, 0) is 16.6 Å². The molecule has 0 bridgehead atoms. The second-order valence-electron chi connectivity index (χ2n) is 5.70. The Morgan fingerprint density at radius 3 is 2.75 bits per heavy atom. The number of imidazole rings is 1. The smallest absolute Gasteiger partial charge is 0.329 e. The molecular weight excluding hydrogens is 308 g/mol. The first-order chi connectivity index (χ1) is 11.6. The van der Waals surface area contributed by atoms with Gasteiger partial charge in [0.15, 0.2) is 6.29 Å². The normalized spacial score (nSPS) is 18.4. The lowest BCUT2D eigenvalue weighted by Crippen LogP contribution is -2.24. The van der Waals surface area contributed by atoms with Crippen LogP contribution in [0.3, 0.4) is 0 Å². The number of benzene rings is 1. The SMILES string of the molecule is Cn1ccnc1C(=CC(=O)O)c1ccc(OC2CCCCO2)cc1. The van der Waals surface area contributed by atoms with Crippen molar-refractivity contribution in [2.75, 3.05) is 6.61 Å². The van der Waals surface area contributed by atoms with Crippen LogP contribution in [0.2, 0.25) is 0 Å². The molecular formula is C18H20N2O4. The van der Waals surface area contributed by atoms with Crippen LogP contribution < -0.4 is 4.74 Å². The van der Waals surface area contributed by atoms with E-state index in [1.807, 2.05) is 31.3 Å². The van der Waals surface area contributed by atoms with Crippen LogP contribution in [0, 0.1) is 0 Å². The van der Waals surface area contributed by atoms with Gasteiger partial charge in [-0.25, -0.2) is 9.78 Å². The number of carboxylic acids is 1. The molecule has 1 fully saturated rings. The van der Waals surface area contributed by atoms with Gasteiger partial charge in [-0.2, -0.15) is 0 Å². The van der Waals surface area contributed by atoms with Crippen molar-refractivity contribution in [3.63, 3.8) is 0 Å². The van der Waals surface area contributed by atoms with Gasteiger partial charge in [0.2, 0.25) is 0 Å². The van der Waals surface area contributed by atoms with Crippen molar-refractivity contribution >= 4 is 11.5 Å². The molecule has 6 heteroatoms. The third-order valence-electron chi connectivity index (χ3n) is 3.90. The number of carbonyl (C=O) groups is 1. The van der Waals surface area contributed by atoms with Crippen molar-refractivity contribution in [1.29, 1.82) is 0 Å². The molecule has 0 saturated carbocycles. The Hall–Kier alpha value is -2.60. The van der Waals surface area contributed by atoms with E-state index >= 15 is 0 Å². The van der Waals surface area contributed by atoms with Gasteiger partial charge in [-0.1, -0.05) is 12.1 Å². The molecule has 0 aliphatic carbocycles. The van der Waals surface area contributed by atoms with Crippen molar-refractivity contribution in [2.24, 2.45) is 7.05 Å². The first kappa shape index (κ1) is 16.3. The van der Waals surface area contributed by atoms with Gasteiger partial charge in [0.25, 0.3) is 0 Å². The summed E-state index contributed by atoms with van der Waals surface area (Å²) in [7, 11) is 1.83. The summed E-state index contributed by atoms with van der Waals surface area (Å²) in [5, 5.41) is 9.15. The predicted octanol–water partition coefficient (Wildman–Crippen LogP) is 2.84. The summed E-state index contributed by atoms with van der Waals surface area (Å²) in [6, 6.07) is 7.32. The second-order valence-corrected chi connectivity index (χ2v) is 5.70. The number of ether oxygens (including phenoxy) is 2. The van der Waals surface area contributed by atoms with E-state index in [1.54, 1.807) is 17.0 Å². The van der Waals surface area contributed by atoms with Crippen LogP contribution in [0.15, 0.2) is 42.7 Å². The van der Waals surface area contributed by atoms with E-state index in [0.29, 0.717) is 17.1 Å². The van der Waals surface area contributed by atoms with Crippen molar-refractivity contribution < 1.29 is 19.4 Å². The third kappa shape index (κ3) is 3.83. The average Bonchev–Trinajstić information content (AvgIpc) is 3.00. The number of hydrogen-bond donors (Lipinski definition) is 1. The number of aromatic nitrogens is 2. The van der Waals surface area contributed by atoms with Crippen LogP contribution >= 0.6 is 0 Å². The van der Waals surface area contributed by atoms with E-state index in [1.165, 1.54) is 6.08 Å². The van der Waals surface area contributed by atoms with Crippen LogP contribution in [0.25, 0.3) is 5.57 Å². The van der Waals surface area contributed by atoms with E-state index in [9.17, 15) is 4.79 Å². The zero-order valence-electron chi connectivity index (χ0n) is 13.5. The van der Waals surface area contributed by atoms with Gasteiger partial charge >= 0.3 is 5.97 Å². The highest BCUT2D eigenvalue weighted by Crippen LogP contribution is 2.25. The van der Waals surface area contributed by atoms with Gasteiger partial charge in [0.1, 0.15) is 11.6 Å². The number of aliphatic carboxylic acids is 1. The number of hydrogen-bond acceptors (Lipinski definition) is 4. The standard InChI is InChI=1S/C18H20N2O4/c1-20-10-9-19-18(20)15(12-16(21)22)13-5-7-14(8-6-13)24-17-4-2-3-11-23-17/h5-10,12,17H,2-4,11H2,1H3,(H,21,22). The lowest BCUT2D eigenvalue weighted by Gasteiger charge is -2.23. The lowest BCUT2D eigenvalue weighted by atomic mass is 10.0. The first-order valence-electron chi connectivity index (χ1n) is 7.94. The minimum Gasteiger partial charge on any atom is -0.478 e. The van der Waals surface area contributed by atoms with E-state index in [-0.39, 0.29) is 6.29 Å². The lowest BCUT2D eigenvalue weighted by molar-refractivity contribution is -0.131. The van der Waals surface area contributed by atoms with Crippen molar-refractivity contribution in [2.45, 2.75) is 25.6 Å². The fraction of sp³-hybridized carbons (Fsp3) is 0.333. The monoisotopic (exact) mass is 328 g/mol. The molecule has 0 radical (unpaired) electrons. The molecule has 1 atom stereocenters. The Morgan fingerprint density at radius 1 is 1.38 bits per heavy atom. The Balaban J connectivity index is 1.81. The Bertz CT molecular complexity index is 728. The van der Waals surface area contributed by atoms with Gasteiger partial charge < -0.3 is 19.1 Å². The largest absolute Gasteiger partial charge is 0.478 e. The number of aryl methyl sites for hydroxylation is 1. The average molecular weight is 328 g/mol. The Kier molecular flexibility index (Phi) is 4.96. The highest BCUT2D eigenvalue weighted by Gasteiger charge is 2.16. The molecule has 1 aromatic heterocycles. The maximum absolute atomic E-state index is 11.2. The van der Waals surface area contributed by atoms with E-state index in [0.717, 1.165) is 31.4 Å². The molecule has 1 aliphatic rings. The van der Waals surface area contributed by atoms with Gasteiger partial charge in [0.05, 0.1) is 6.61 Å². The molecule has 1 aromatic carbocycles. The molecule has 1 aliphatic heterocycles. The zero-order valence-corrected chi connectivity index (χ0v) is 13.5. The van der Waals surface area contributed by atoms with E-state index < -0.39 is 5.97 Å². The molecule has 24 heavy (non-hydrogen) atoms. The molecule has 2 aromatic rings. The summed E-state index contributed by atoms with van der Waals surface area (Å²) in [4.78, 5) is 15.4. The minimum absolute atomic E-state index is 0.201. The zero-order chi connectivity index (χ0) is 16.9. The molecule has 126 valence electrons. The number of nitrogens with zero attached hydrogens (tertiary/aromatic N) is 2. The highest BCUT2D eigenvalue weighted by molar-refractivity contribution is 5.94. The van der Waals surface area contributed by atoms with Gasteiger partial charge in [-0.15, -0.1) is 0 Å². The van der Waals surface area contributed by atoms with Crippen LogP contribution in [0.1, 0.15) is 30.7 Å². The van der Waals surface area contributed by atoms with E-state index in [2.05, 4.69) is 4.98 Å². The van der Waals surface area contributed by atoms with Gasteiger partial charge in [-0.3, -0.25) is 0 Å². The maximum Gasteiger partial charge on any atom is 0.329 e. The molecule has 6 nitrogen and oxygen atoms in total. The Labute approximate surface area is 140 Å². The predicted molar refractivity (Wildman–Crippen MR) is 88.6 cm³/mol. The summed E-state index contributed by atoms with van der Waals surface area (Å²) < 4.78 is 13.2. The third-order valence-corrected chi connectivity index (χ3v) is 3.90. The topological polar surface area (TPSA) is 73.6 Å². The molecule has 1 N–H and O–H groups in total. The molecule has 0 amide bonds. The fourth-order valence-corrected chi connectivity index (χ4v) is 2.69. The van der Waals surface area contributed by atoms with E-state index in [4.69, 9.17) is 14.6 Å². The molecule has 1 saturated heterocycles.